The van der Waals surface area contributed by atoms with Crippen LogP contribution in [-0.4, -0.2) is 50.8 Å². The molecule has 0 nitrogen and oxygen atoms in total. The maximum absolute atomic E-state index is 5.06. The van der Waals surface area contributed by atoms with Crippen LogP contribution in [0.2, 0.25) is 0 Å². The third kappa shape index (κ3) is 6.45. The van der Waals surface area contributed by atoms with Gasteiger partial charge in [0.05, 0.1) is 0 Å². The van der Waals surface area contributed by atoms with Gasteiger partial charge >= 0.3 is 0 Å². The molecule has 0 fully saturated rings. The van der Waals surface area contributed by atoms with Crippen molar-refractivity contribution < 1.29 is 0 Å². The standard InChI is InChI=1S/B7/c1-6(2)5-7(3)4. The topological polar surface area (TPSA) is 0 Å². The Kier molecular flexibility index (Phi) is 3.68. The lowest BCUT2D eigenvalue weighted by Gasteiger charge is -2.00. The van der Waals surface area contributed by atoms with Crippen molar-refractivity contribution in [1.29, 1.82) is 0 Å². The van der Waals surface area contributed by atoms with Gasteiger partial charge in [-0.2, -0.15) is 0 Å². The number of hydrogen-bond acceptors (Lipinski definition) is 0. The molecule has 0 aliphatic heterocycles. The molecule has 0 aliphatic carbocycles. The van der Waals surface area contributed by atoms with E-state index < -0.39 is 12.8 Å². The van der Waals surface area contributed by atoms with E-state index in [4.69, 9.17) is 30.9 Å². The van der Waals surface area contributed by atoms with E-state index in [-0.39, 0.29) is 0 Å². The molecule has 0 aromatic heterocycles. The maximum Gasteiger partial charge on any atom is 0 e. The molecule has 0 spiro atoms. The second-order valence-corrected chi connectivity index (χ2v) is 1.35. The zero-order chi connectivity index (χ0) is 5.86. The van der Waals surface area contributed by atoms with Gasteiger partial charge in [0.2, 0.25) is 0 Å². The fourth-order valence-electron chi connectivity index (χ4n) is 0.257. The Bertz CT molecular complexity index is 29.3. The zero-order valence-corrected chi connectivity index (χ0v) is 4.04. The SMILES string of the molecule is [B]B([B])[B]B([B])[B]. The van der Waals surface area contributed by atoms with Crippen molar-refractivity contribution in [2.75, 3.05) is 0 Å². The van der Waals surface area contributed by atoms with E-state index in [1.165, 1.54) is 7.06 Å². The van der Waals surface area contributed by atoms with Crippen LogP contribution in [0.4, 0.5) is 0 Å². The zero-order valence-electron chi connectivity index (χ0n) is 4.04. The van der Waals surface area contributed by atoms with Gasteiger partial charge < -0.3 is 0 Å². The molecule has 0 N–H and O–H groups in total. The first kappa shape index (κ1) is 7.45. The fraction of sp³-hybridized carbons (Fsp3) is 0. The van der Waals surface area contributed by atoms with E-state index in [1.54, 1.807) is 0 Å². The molecule has 21 valence electrons. The lowest BCUT2D eigenvalue weighted by Crippen LogP contribution is -2.38. The monoisotopic (exact) mass is 77.1 g/mol. The third-order valence-corrected chi connectivity index (χ3v) is 0.444. The Morgan fingerprint density at radius 3 is 1.14 bits per heavy atom. The van der Waals surface area contributed by atoms with Crippen molar-refractivity contribution in [3.05, 3.63) is 0 Å². The van der Waals surface area contributed by atoms with Crippen LogP contribution in [0.3, 0.4) is 0 Å². The van der Waals surface area contributed by atoms with Crippen LogP contribution in [0.1, 0.15) is 0 Å². The molecular weight excluding hydrogens is 75.7 g/mol. The Balaban J connectivity index is 2.95. The van der Waals surface area contributed by atoms with E-state index in [2.05, 4.69) is 0 Å². The summed E-state index contributed by atoms with van der Waals surface area (Å²) < 4.78 is 0. The Labute approximate surface area is 51.5 Å². The summed E-state index contributed by atoms with van der Waals surface area (Å²) in [7, 11) is 21.7. The van der Waals surface area contributed by atoms with E-state index in [0.717, 1.165) is 0 Å². The van der Waals surface area contributed by atoms with E-state index in [9.17, 15) is 0 Å². The van der Waals surface area contributed by atoms with Gasteiger partial charge in [0, 0.05) is 50.8 Å². The second-order valence-electron chi connectivity index (χ2n) is 1.35. The summed E-state index contributed by atoms with van der Waals surface area (Å²) >= 11 is 0. The summed E-state index contributed by atoms with van der Waals surface area (Å²) in [5.41, 5.74) is 0. The molecule has 9 radical (unpaired) electrons. The molecule has 0 bridgehead atoms. The highest BCUT2D eigenvalue weighted by Crippen LogP contribution is 1.62. The summed E-state index contributed by atoms with van der Waals surface area (Å²) in [6, 6.07) is 0. The average Bonchev–Trinajstić information content (AvgIpc) is 1.27. The number of hydrogen-bond donors (Lipinski definition) is 0. The van der Waals surface area contributed by atoms with Gasteiger partial charge in [-0.15, -0.1) is 0 Å². The average molecular weight is 75.7 g/mol. The van der Waals surface area contributed by atoms with Gasteiger partial charge in [-0.1, -0.05) is 0 Å². The molecule has 7 heteroatoms. The van der Waals surface area contributed by atoms with Crippen LogP contribution in [-0.2, 0) is 0 Å². The number of rotatable bonds is 2. The van der Waals surface area contributed by atoms with Gasteiger partial charge in [0.1, 0.15) is 0 Å². The molecule has 0 unspecified atom stereocenters. The molecular formula is B7. The highest BCUT2D eigenvalue weighted by Gasteiger charge is 2.00. The molecule has 0 rings (SSSR count). The first-order valence-electron chi connectivity index (χ1n) is 2.00. The second kappa shape index (κ2) is 3.46. The molecule has 0 saturated carbocycles. The predicted octanol–water partition coefficient (Wildman–Crippen LogP) is -2.67. The fourth-order valence-corrected chi connectivity index (χ4v) is 0.257. The summed E-state index contributed by atoms with van der Waals surface area (Å²) in [6.07, 6.45) is -1.00. The molecule has 0 saturated heterocycles. The molecule has 7 heavy (non-hydrogen) atoms. The summed E-state index contributed by atoms with van der Waals surface area (Å²) in [5, 5.41) is 0. The first-order chi connectivity index (χ1) is 3.13. The molecule has 0 atom stereocenters. The van der Waals surface area contributed by atoms with Crippen LogP contribution in [0.5, 0.6) is 0 Å². The predicted molar refractivity (Wildman–Crippen MR) is 40.3 cm³/mol. The van der Waals surface area contributed by atoms with Gasteiger partial charge in [0.15, 0.2) is 0 Å². The highest BCUT2D eigenvalue weighted by molar-refractivity contribution is 7.76. The Hall–Kier alpha value is 0.455. The molecule has 0 aromatic rings. The van der Waals surface area contributed by atoms with E-state index in [1.807, 2.05) is 0 Å². The van der Waals surface area contributed by atoms with Gasteiger partial charge in [0.25, 0.3) is 0 Å². The van der Waals surface area contributed by atoms with Crippen LogP contribution in [0.15, 0.2) is 0 Å². The molecule has 0 aliphatic rings. The molecule has 0 aromatic carbocycles. The minimum Gasteiger partial charge on any atom is 0 e. The van der Waals surface area contributed by atoms with Gasteiger partial charge in [-0.05, 0) is 0 Å². The van der Waals surface area contributed by atoms with Crippen LogP contribution in [0.25, 0.3) is 0 Å². The normalized spacial score (nSPS) is 7.43. The van der Waals surface area contributed by atoms with E-state index in [0.29, 0.717) is 0 Å². The van der Waals surface area contributed by atoms with Crippen LogP contribution in [0, 0.1) is 0 Å². The van der Waals surface area contributed by atoms with Crippen molar-refractivity contribution in [1.82, 2.24) is 0 Å². The first-order valence-corrected chi connectivity index (χ1v) is 2.00. The minimum atomic E-state index is -0.500. The Morgan fingerprint density at radius 2 is 1.14 bits per heavy atom. The van der Waals surface area contributed by atoms with Crippen molar-refractivity contribution in [2.24, 2.45) is 0 Å². The lowest BCUT2D eigenvalue weighted by atomic mass is 8.81. The van der Waals surface area contributed by atoms with E-state index >= 15 is 0 Å². The summed E-state index contributed by atoms with van der Waals surface area (Å²) in [4.78, 5) is 0. The summed E-state index contributed by atoms with van der Waals surface area (Å²) in [5.74, 6) is 0. The smallest absolute Gasteiger partial charge is 0 e. The minimum absolute atomic E-state index is 0.500. The van der Waals surface area contributed by atoms with Crippen LogP contribution >= 0.6 is 0 Å². The van der Waals surface area contributed by atoms with Crippen molar-refractivity contribution >= 4 is 50.8 Å². The van der Waals surface area contributed by atoms with Crippen LogP contribution < -0.4 is 0 Å². The Morgan fingerprint density at radius 1 is 0.857 bits per heavy atom. The van der Waals surface area contributed by atoms with Crippen molar-refractivity contribution in [2.45, 2.75) is 0 Å². The summed E-state index contributed by atoms with van der Waals surface area (Å²) in [6.45, 7) is 0. The highest BCUT2D eigenvalue weighted by atomic mass is 12.8. The molecule has 0 amide bonds. The lowest BCUT2D eigenvalue weighted by molar-refractivity contribution is 3.76. The molecule has 0 heterocycles. The van der Waals surface area contributed by atoms with Crippen molar-refractivity contribution in [3.63, 3.8) is 0 Å². The van der Waals surface area contributed by atoms with Gasteiger partial charge in [-0.3, -0.25) is 0 Å². The third-order valence-electron chi connectivity index (χ3n) is 0.444. The van der Waals surface area contributed by atoms with Gasteiger partial charge in [-0.25, -0.2) is 0 Å². The maximum atomic E-state index is 5.06. The van der Waals surface area contributed by atoms with Crippen molar-refractivity contribution in [3.8, 4) is 0 Å². The largest absolute Gasteiger partial charge is 0 e. The quantitative estimate of drug-likeness (QED) is 0.314.